The summed E-state index contributed by atoms with van der Waals surface area (Å²) < 4.78 is 7.62. The van der Waals surface area contributed by atoms with Crippen molar-refractivity contribution in [3.63, 3.8) is 0 Å². The highest BCUT2D eigenvalue weighted by Gasteiger charge is 2.31. The summed E-state index contributed by atoms with van der Waals surface area (Å²) in [6.45, 7) is 0.634. The number of carbonyl (C=O) groups is 2. The maximum Gasteiger partial charge on any atom is 0.260 e. The quantitative estimate of drug-likeness (QED) is 0.666. The maximum atomic E-state index is 13.0. The van der Waals surface area contributed by atoms with Crippen LogP contribution in [0.1, 0.15) is 12.0 Å². The monoisotopic (exact) mass is 400 g/mol. The van der Waals surface area contributed by atoms with Crippen LogP contribution in [0.2, 0.25) is 0 Å². The van der Waals surface area contributed by atoms with Gasteiger partial charge in [0.05, 0.1) is 24.7 Å². The number of primary amides is 1. The molecule has 30 heavy (non-hydrogen) atoms. The smallest absolute Gasteiger partial charge is 0.260 e. The number of para-hydroxylation sites is 3. The third-order valence-electron chi connectivity index (χ3n) is 5.05. The zero-order chi connectivity index (χ0) is 21.1. The topological polar surface area (TPSA) is 101 Å². The van der Waals surface area contributed by atoms with E-state index in [0.717, 1.165) is 16.5 Å². The van der Waals surface area contributed by atoms with Crippen LogP contribution in [0, 0.1) is 11.3 Å². The minimum Gasteiger partial charge on any atom is -0.477 e. The summed E-state index contributed by atoms with van der Waals surface area (Å²) in [5.74, 6) is -0.444. The molecule has 150 valence electrons. The summed E-state index contributed by atoms with van der Waals surface area (Å²) in [6.07, 6.45) is 4.68. The molecule has 0 radical (unpaired) electrons. The van der Waals surface area contributed by atoms with Gasteiger partial charge in [-0.25, -0.2) is 0 Å². The molecule has 1 aliphatic heterocycles. The van der Waals surface area contributed by atoms with E-state index in [4.69, 9.17) is 15.7 Å². The number of rotatable bonds is 5. The molecular formula is C23H20N4O3. The first-order chi connectivity index (χ1) is 14.6. The lowest BCUT2D eigenvalue weighted by Crippen LogP contribution is -2.49. The first-order valence-electron chi connectivity index (χ1n) is 9.58. The van der Waals surface area contributed by atoms with E-state index in [2.05, 4.69) is 6.07 Å². The molecule has 0 aliphatic carbocycles. The predicted molar refractivity (Wildman–Crippen MR) is 114 cm³/mol. The van der Waals surface area contributed by atoms with Crippen molar-refractivity contribution >= 4 is 34.5 Å². The molecule has 7 nitrogen and oxygen atoms in total. The van der Waals surface area contributed by atoms with Crippen LogP contribution in [0.4, 0.5) is 5.69 Å². The second kappa shape index (κ2) is 8.13. The summed E-state index contributed by atoms with van der Waals surface area (Å²) in [4.78, 5) is 26.2. The van der Waals surface area contributed by atoms with Gasteiger partial charge in [0.1, 0.15) is 5.75 Å². The number of amides is 2. The second-order valence-electron chi connectivity index (χ2n) is 6.96. The number of nitrogens with zero attached hydrogens (tertiary/aromatic N) is 3. The first-order valence-corrected chi connectivity index (χ1v) is 9.58. The summed E-state index contributed by atoms with van der Waals surface area (Å²) >= 11 is 0. The van der Waals surface area contributed by atoms with Crippen molar-refractivity contribution in [1.29, 1.82) is 5.26 Å². The highest BCUT2D eigenvalue weighted by atomic mass is 16.5. The van der Waals surface area contributed by atoms with E-state index in [-0.39, 0.29) is 12.5 Å². The van der Waals surface area contributed by atoms with E-state index in [1.54, 1.807) is 30.3 Å². The molecule has 0 fully saturated rings. The Labute approximate surface area is 173 Å². The summed E-state index contributed by atoms with van der Waals surface area (Å²) in [7, 11) is 0. The molecule has 1 atom stereocenters. The highest BCUT2D eigenvalue weighted by Crippen LogP contribution is 2.33. The Morgan fingerprint density at radius 2 is 1.97 bits per heavy atom. The van der Waals surface area contributed by atoms with Crippen molar-refractivity contribution in [2.75, 3.05) is 11.4 Å². The van der Waals surface area contributed by atoms with Gasteiger partial charge in [-0.15, -0.1) is 0 Å². The van der Waals surface area contributed by atoms with Crippen LogP contribution in [0.5, 0.6) is 5.75 Å². The van der Waals surface area contributed by atoms with E-state index in [0.29, 0.717) is 24.4 Å². The number of nitrogens with two attached hydrogens (primary N) is 1. The van der Waals surface area contributed by atoms with E-state index in [9.17, 15) is 9.59 Å². The lowest BCUT2D eigenvalue weighted by molar-refractivity contribution is -0.125. The van der Waals surface area contributed by atoms with Crippen LogP contribution < -0.4 is 15.4 Å². The number of hydrogen-bond acceptors (Lipinski definition) is 4. The number of aryl methyl sites for hydroxylation is 1. The molecule has 0 spiro atoms. The van der Waals surface area contributed by atoms with Crippen molar-refractivity contribution < 1.29 is 14.3 Å². The Hall–Kier alpha value is -4.05. The minimum absolute atomic E-state index is 0.0550. The zero-order valence-electron chi connectivity index (χ0n) is 16.2. The van der Waals surface area contributed by atoms with Gasteiger partial charge in [-0.1, -0.05) is 30.3 Å². The molecule has 0 saturated heterocycles. The van der Waals surface area contributed by atoms with Crippen molar-refractivity contribution in [1.82, 2.24) is 4.57 Å². The predicted octanol–water partition coefficient (Wildman–Crippen LogP) is 2.85. The number of carbonyl (C=O) groups excluding carboxylic acids is 2. The standard InChI is InChI=1S/C23H20N4O3/c24-12-5-13-26-14-16(17-6-1-2-7-18(17)26)10-11-22(28)27-15-21(23(25)29)30-20-9-4-3-8-19(20)27/h1-4,6-11,14,21H,5,13,15H2,(H2,25,29)/b11-10+. The normalized spacial score (nSPS) is 15.6. The SMILES string of the molecule is N#CCCn1cc(/C=C/C(=O)N2CC(C(N)=O)Oc3ccccc32)c2ccccc21. The number of ether oxygens (including phenoxy) is 1. The van der Waals surface area contributed by atoms with Gasteiger partial charge >= 0.3 is 0 Å². The maximum absolute atomic E-state index is 13.0. The molecule has 2 N–H and O–H groups in total. The number of nitriles is 1. The van der Waals surface area contributed by atoms with Gasteiger partial charge < -0.3 is 19.9 Å². The fourth-order valence-corrected chi connectivity index (χ4v) is 3.61. The molecule has 1 aliphatic rings. The van der Waals surface area contributed by atoms with Gasteiger partial charge in [-0.2, -0.15) is 5.26 Å². The Bertz CT molecular complexity index is 1190. The average molecular weight is 400 g/mol. The molecule has 4 rings (SSSR count). The molecule has 1 unspecified atom stereocenters. The lowest BCUT2D eigenvalue weighted by atomic mass is 10.1. The van der Waals surface area contributed by atoms with Gasteiger partial charge in [-0.3, -0.25) is 9.59 Å². The first kappa shape index (κ1) is 19.3. The van der Waals surface area contributed by atoms with Crippen molar-refractivity contribution in [2.45, 2.75) is 19.1 Å². The van der Waals surface area contributed by atoms with E-state index in [1.165, 1.54) is 11.0 Å². The van der Waals surface area contributed by atoms with Crippen LogP contribution in [0.3, 0.4) is 0 Å². The average Bonchev–Trinajstić information content (AvgIpc) is 3.13. The molecule has 2 aromatic carbocycles. The molecular weight excluding hydrogens is 380 g/mol. The Balaban J connectivity index is 1.64. The third-order valence-corrected chi connectivity index (χ3v) is 5.05. The highest BCUT2D eigenvalue weighted by molar-refractivity contribution is 6.06. The van der Waals surface area contributed by atoms with Crippen LogP contribution in [-0.4, -0.2) is 29.0 Å². The van der Waals surface area contributed by atoms with Crippen LogP contribution >= 0.6 is 0 Å². The number of hydrogen-bond donors (Lipinski definition) is 1. The Morgan fingerprint density at radius 1 is 1.20 bits per heavy atom. The number of benzene rings is 2. The van der Waals surface area contributed by atoms with Crippen LogP contribution in [0.15, 0.2) is 60.8 Å². The van der Waals surface area contributed by atoms with Crippen LogP contribution in [-0.2, 0) is 16.1 Å². The van der Waals surface area contributed by atoms with Crippen LogP contribution in [0.25, 0.3) is 17.0 Å². The van der Waals surface area contributed by atoms with Gasteiger partial charge in [0, 0.05) is 35.3 Å². The molecule has 7 heteroatoms. The van der Waals surface area contributed by atoms with Crippen molar-refractivity contribution in [3.05, 3.63) is 66.4 Å². The molecule has 2 amide bonds. The number of anilines is 1. The lowest BCUT2D eigenvalue weighted by Gasteiger charge is -2.32. The molecule has 3 aromatic rings. The largest absolute Gasteiger partial charge is 0.477 e. The third kappa shape index (κ3) is 3.63. The Morgan fingerprint density at radius 3 is 2.77 bits per heavy atom. The summed E-state index contributed by atoms with van der Waals surface area (Å²) in [6, 6.07) is 17.1. The fourth-order valence-electron chi connectivity index (χ4n) is 3.61. The minimum atomic E-state index is -0.898. The molecule has 2 heterocycles. The zero-order valence-corrected chi connectivity index (χ0v) is 16.2. The molecule has 0 saturated carbocycles. The van der Waals surface area contributed by atoms with Gasteiger partial charge in [0.2, 0.25) is 0 Å². The van der Waals surface area contributed by atoms with E-state index >= 15 is 0 Å². The van der Waals surface area contributed by atoms with Gasteiger partial charge in [-0.05, 0) is 24.3 Å². The molecule has 1 aromatic heterocycles. The summed E-state index contributed by atoms with van der Waals surface area (Å²) in [5, 5.41) is 9.89. The molecule has 0 bridgehead atoms. The fraction of sp³-hybridized carbons (Fsp3) is 0.174. The Kier molecular flexibility index (Phi) is 5.22. The van der Waals surface area contributed by atoms with Gasteiger partial charge in [0.15, 0.2) is 6.10 Å². The van der Waals surface area contributed by atoms with E-state index < -0.39 is 12.0 Å². The number of aromatic nitrogens is 1. The number of fused-ring (bicyclic) bond motifs is 2. The van der Waals surface area contributed by atoms with E-state index in [1.807, 2.05) is 35.0 Å². The summed E-state index contributed by atoms with van der Waals surface area (Å²) in [5.41, 5.74) is 7.89. The van der Waals surface area contributed by atoms with Crippen molar-refractivity contribution in [2.24, 2.45) is 5.73 Å². The van der Waals surface area contributed by atoms with Gasteiger partial charge in [0.25, 0.3) is 11.8 Å². The second-order valence-corrected chi connectivity index (χ2v) is 6.96. The van der Waals surface area contributed by atoms with Crippen molar-refractivity contribution in [3.8, 4) is 11.8 Å².